The summed E-state index contributed by atoms with van der Waals surface area (Å²) in [6.45, 7) is 2.48. The molecule has 0 aliphatic rings. The molecule has 5 heteroatoms. The van der Waals surface area contributed by atoms with Crippen LogP contribution in [0.2, 0.25) is 0 Å². The van der Waals surface area contributed by atoms with Gasteiger partial charge in [0.2, 0.25) is 0 Å². The summed E-state index contributed by atoms with van der Waals surface area (Å²) in [5.74, 6) is 0. The van der Waals surface area contributed by atoms with Crippen LogP contribution in [-0.2, 0) is 13.0 Å². The smallest absolute Gasteiger partial charge is 0.0924 e. The van der Waals surface area contributed by atoms with Gasteiger partial charge in [0, 0.05) is 16.0 Å². The minimum atomic E-state index is 0.425. The molecule has 1 heterocycles. The number of rotatable bonds is 3. The second-order valence-electron chi connectivity index (χ2n) is 1.96. The van der Waals surface area contributed by atoms with E-state index in [1.165, 1.54) is 0 Å². The van der Waals surface area contributed by atoms with Crippen LogP contribution in [0.25, 0.3) is 10.4 Å². The predicted octanol–water partition coefficient (Wildman–Crippen LogP) is 2.52. The van der Waals surface area contributed by atoms with Crippen molar-refractivity contribution in [2.24, 2.45) is 5.11 Å². The number of aryl methyl sites for hydroxylation is 1. The normalized spacial score (nSPS) is 9.18. The first kappa shape index (κ1) is 8.04. The molecule has 0 radical (unpaired) electrons. The van der Waals surface area contributed by atoms with Gasteiger partial charge in [0.1, 0.15) is 0 Å². The highest BCUT2D eigenvalue weighted by Gasteiger charge is 1.96. The first-order chi connectivity index (χ1) is 5.36. The molecule has 0 bridgehead atoms. The Morgan fingerprint density at radius 3 is 3.18 bits per heavy atom. The quantitative estimate of drug-likeness (QED) is 0.388. The molecule has 1 aromatic rings. The number of aromatic nitrogens is 1. The lowest BCUT2D eigenvalue weighted by Crippen LogP contribution is -1.70. The highest BCUT2D eigenvalue weighted by molar-refractivity contribution is 7.11. The Morgan fingerprint density at radius 2 is 2.64 bits per heavy atom. The third-order valence-corrected chi connectivity index (χ3v) is 2.32. The van der Waals surface area contributed by atoms with Crippen molar-refractivity contribution in [1.82, 2.24) is 4.98 Å². The Hall–Kier alpha value is -1.06. The van der Waals surface area contributed by atoms with E-state index < -0.39 is 0 Å². The van der Waals surface area contributed by atoms with E-state index in [9.17, 15) is 0 Å². The van der Waals surface area contributed by atoms with Crippen molar-refractivity contribution in [3.63, 3.8) is 0 Å². The summed E-state index contributed by atoms with van der Waals surface area (Å²) >= 11 is 1.60. The van der Waals surface area contributed by atoms with Crippen molar-refractivity contribution in [2.45, 2.75) is 19.9 Å². The van der Waals surface area contributed by atoms with Crippen LogP contribution in [0.3, 0.4) is 0 Å². The summed E-state index contributed by atoms with van der Waals surface area (Å²) in [4.78, 5) is 7.82. The molecule has 0 unspecified atom stereocenters. The van der Waals surface area contributed by atoms with Gasteiger partial charge in [-0.05, 0) is 12.0 Å². The molecule has 0 spiro atoms. The van der Waals surface area contributed by atoms with Crippen LogP contribution in [0.4, 0.5) is 0 Å². The van der Waals surface area contributed by atoms with Crippen molar-refractivity contribution < 1.29 is 0 Å². The average molecular weight is 168 g/mol. The van der Waals surface area contributed by atoms with Gasteiger partial charge in [0.25, 0.3) is 0 Å². The zero-order valence-corrected chi connectivity index (χ0v) is 7.01. The molecule has 0 fully saturated rings. The van der Waals surface area contributed by atoms with Gasteiger partial charge in [-0.15, -0.1) is 11.3 Å². The van der Waals surface area contributed by atoms with Gasteiger partial charge in [0.05, 0.1) is 11.6 Å². The molecule has 0 N–H and O–H groups in total. The second-order valence-corrected chi connectivity index (χ2v) is 3.16. The van der Waals surface area contributed by atoms with E-state index >= 15 is 0 Å². The lowest BCUT2D eigenvalue weighted by atomic mass is 10.5. The minimum absolute atomic E-state index is 0.425. The lowest BCUT2D eigenvalue weighted by molar-refractivity contribution is 1.06. The number of hydrogen-bond donors (Lipinski definition) is 0. The van der Waals surface area contributed by atoms with E-state index in [0.29, 0.717) is 6.54 Å². The van der Waals surface area contributed by atoms with Gasteiger partial charge in [-0.3, -0.25) is 0 Å². The van der Waals surface area contributed by atoms with Gasteiger partial charge in [-0.2, -0.15) is 0 Å². The molecule has 0 aromatic carbocycles. The van der Waals surface area contributed by atoms with E-state index in [1.54, 1.807) is 17.5 Å². The van der Waals surface area contributed by atoms with Crippen molar-refractivity contribution >= 4 is 11.3 Å². The zero-order valence-electron chi connectivity index (χ0n) is 6.19. The maximum atomic E-state index is 8.03. The number of hydrogen-bond acceptors (Lipinski definition) is 3. The maximum Gasteiger partial charge on any atom is 0.0924 e. The fourth-order valence-electron chi connectivity index (χ4n) is 0.686. The van der Waals surface area contributed by atoms with Crippen LogP contribution in [0, 0.1) is 0 Å². The van der Waals surface area contributed by atoms with Gasteiger partial charge in [-0.1, -0.05) is 12.0 Å². The maximum absolute atomic E-state index is 8.03. The van der Waals surface area contributed by atoms with Crippen molar-refractivity contribution in [3.05, 3.63) is 26.5 Å². The van der Waals surface area contributed by atoms with E-state index in [4.69, 9.17) is 5.53 Å². The summed E-state index contributed by atoms with van der Waals surface area (Å²) in [6, 6.07) is 0. The Labute approximate surface area is 68.5 Å². The first-order valence-corrected chi connectivity index (χ1v) is 4.13. The molecule has 0 atom stereocenters. The lowest BCUT2D eigenvalue weighted by Gasteiger charge is -1.82. The van der Waals surface area contributed by atoms with Crippen molar-refractivity contribution in [1.29, 1.82) is 0 Å². The molecule has 0 saturated heterocycles. The van der Waals surface area contributed by atoms with E-state index in [0.717, 1.165) is 16.3 Å². The summed E-state index contributed by atoms with van der Waals surface area (Å²) in [6.07, 6.45) is 2.71. The fourth-order valence-corrected chi connectivity index (χ4v) is 1.47. The van der Waals surface area contributed by atoms with Crippen molar-refractivity contribution in [2.75, 3.05) is 0 Å². The minimum Gasteiger partial charge on any atom is -0.249 e. The fraction of sp³-hybridized carbons (Fsp3) is 0.500. The SMILES string of the molecule is CCc1ncc(CN=[N+]=[N-])s1. The third-order valence-electron chi connectivity index (χ3n) is 1.19. The largest absolute Gasteiger partial charge is 0.249 e. The molecule has 1 rings (SSSR count). The van der Waals surface area contributed by atoms with Crippen LogP contribution in [0.1, 0.15) is 16.8 Å². The van der Waals surface area contributed by atoms with E-state index in [1.807, 2.05) is 0 Å². The molecular weight excluding hydrogens is 160 g/mol. The molecule has 11 heavy (non-hydrogen) atoms. The van der Waals surface area contributed by atoms with Gasteiger partial charge < -0.3 is 0 Å². The summed E-state index contributed by atoms with van der Waals surface area (Å²) < 4.78 is 0. The predicted molar refractivity (Wildman–Crippen MR) is 44.3 cm³/mol. The summed E-state index contributed by atoms with van der Waals surface area (Å²) in [7, 11) is 0. The van der Waals surface area contributed by atoms with Crippen LogP contribution in [-0.4, -0.2) is 4.98 Å². The van der Waals surface area contributed by atoms with E-state index in [-0.39, 0.29) is 0 Å². The number of nitrogens with zero attached hydrogens (tertiary/aromatic N) is 4. The molecule has 0 aliphatic carbocycles. The highest BCUT2D eigenvalue weighted by Crippen LogP contribution is 2.13. The van der Waals surface area contributed by atoms with Gasteiger partial charge in [-0.25, -0.2) is 4.98 Å². The van der Waals surface area contributed by atoms with Gasteiger partial charge in [0.15, 0.2) is 0 Å². The Balaban J connectivity index is 2.64. The molecule has 0 amide bonds. The van der Waals surface area contributed by atoms with Crippen LogP contribution < -0.4 is 0 Å². The molecule has 1 aromatic heterocycles. The molecule has 0 aliphatic heterocycles. The molecule has 0 saturated carbocycles. The molecular formula is C6H8N4S. The van der Waals surface area contributed by atoms with Crippen LogP contribution >= 0.6 is 11.3 Å². The monoisotopic (exact) mass is 168 g/mol. The first-order valence-electron chi connectivity index (χ1n) is 3.31. The Bertz CT molecular complexity index is 274. The van der Waals surface area contributed by atoms with Gasteiger partial charge >= 0.3 is 0 Å². The molecule has 58 valence electrons. The van der Waals surface area contributed by atoms with Crippen LogP contribution in [0.15, 0.2) is 11.3 Å². The second kappa shape index (κ2) is 3.95. The summed E-state index contributed by atoms with van der Waals surface area (Å²) in [5, 5.41) is 4.53. The number of azide groups is 1. The Kier molecular flexibility index (Phi) is 2.89. The number of thiazole rings is 1. The zero-order chi connectivity index (χ0) is 8.10. The standard InChI is InChI=1S/C6H8N4S/c1-2-6-8-3-5(11-6)4-9-10-7/h3H,2,4H2,1H3. The van der Waals surface area contributed by atoms with Crippen LogP contribution in [0.5, 0.6) is 0 Å². The highest BCUT2D eigenvalue weighted by atomic mass is 32.1. The third kappa shape index (κ3) is 2.22. The topological polar surface area (TPSA) is 61.7 Å². The average Bonchev–Trinajstić information content (AvgIpc) is 2.48. The summed E-state index contributed by atoms with van der Waals surface area (Å²) in [5.41, 5.74) is 8.03. The van der Waals surface area contributed by atoms with E-state index in [2.05, 4.69) is 21.9 Å². The molecule has 4 nitrogen and oxygen atoms in total. The Morgan fingerprint density at radius 1 is 1.82 bits per heavy atom. The van der Waals surface area contributed by atoms with Crippen molar-refractivity contribution in [3.8, 4) is 0 Å².